The van der Waals surface area contributed by atoms with E-state index in [1.165, 1.54) is 12.1 Å². The first kappa shape index (κ1) is 20.1. The average Bonchev–Trinajstić information content (AvgIpc) is 2.54. The number of hydrogen-bond acceptors (Lipinski definition) is 8. The molecule has 0 radical (unpaired) electrons. The van der Waals surface area contributed by atoms with Gasteiger partial charge in [0.2, 0.25) is 0 Å². The molecule has 3 aromatic carbocycles. The molecule has 0 saturated carbocycles. The maximum Gasteiger partial charge on any atom is 1.00 e. The Morgan fingerprint density at radius 3 is 2.23 bits per heavy atom. The molecular weight excluding hydrogens is 367 g/mol. The van der Waals surface area contributed by atoms with Gasteiger partial charge in [-0.15, -0.1) is 5.11 Å². The molecule has 0 atom stereocenters. The van der Waals surface area contributed by atoms with Gasteiger partial charge in [-0.25, -0.2) is 8.42 Å². The Morgan fingerprint density at radius 1 is 0.962 bits per heavy atom. The zero-order valence-electron chi connectivity index (χ0n) is 13.7. The maximum atomic E-state index is 11.2. The van der Waals surface area contributed by atoms with Crippen LogP contribution in [0.5, 0.6) is 5.75 Å². The zero-order chi connectivity index (χ0) is 18.2. The van der Waals surface area contributed by atoms with Crippen LogP contribution in [-0.4, -0.2) is 18.1 Å². The van der Waals surface area contributed by atoms with Crippen LogP contribution in [0.15, 0.2) is 63.7 Å². The monoisotopic (exact) mass is 380 g/mol. The van der Waals surface area contributed by atoms with Crippen LogP contribution in [0.2, 0.25) is 0 Å². The molecule has 0 fully saturated rings. The van der Waals surface area contributed by atoms with Crippen LogP contribution in [0.25, 0.3) is 10.8 Å². The molecule has 8 nitrogen and oxygen atoms in total. The third-order valence-corrected chi connectivity index (χ3v) is 4.33. The van der Waals surface area contributed by atoms with Crippen LogP contribution in [0.1, 0.15) is 0 Å². The van der Waals surface area contributed by atoms with E-state index >= 15 is 0 Å². The van der Waals surface area contributed by atoms with E-state index in [-0.39, 0.29) is 46.3 Å². The number of nitrogen functional groups attached to an aromatic ring is 2. The minimum absolute atomic E-state index is 0. The predicted octanol–water partition coefficient (Wildman–Crippen LogP) is 0.0333. The van der Waals surface area contributed by atoms with Gasteiger partial charge in [0.15, 0.2) is 0 Å². The van der Waals surface area contributed by atoms with Crippen molar-refractivity contribution < 1.29 is 47.6 Å². The summed E-state index contributed by atoms with van der Waals surface area (Å²) in [5, 5.41) is 18.8. The van der Waals surface area contributed by atoms with Gasteiger partial charge in [0.05, 0.1) is 21.7 Å². The minimum Gasteiger partial charge on any atom is -0.744 e. The number of nitrogens with two attached hydrogens (primary N) is 2. The molecule has 0 aliphatic rings. The van der Waals surface area contributed by atoms with E-state index in [9.17, 15) is 18.1 Å². The van der Waals surface area contributed by atoms with Crippen molar-refractivity contribution in [2.24, 2.45) is 10.2 Å². The van der Waals surface area contributed by atoms with Gasteiger partial charge >= 0.3 is 29.6 Å². The Morgan fingerprint density at radius 2 is 1.62 bits per heavy atom. The largest absolute Gasteiger partial charge is 1.00 e. The zero-order valence-corrected chi connectivity index (χ0v) is 16.6. The van der Waals surface area contributed by atoms with Crippen molar-refractivity contribution in [1.82, 2.24) is 0 Å². The molecule has 0 bridgehead atoms. The van der Waals surface area contributed by atoms with Gasteiger partial charge in [0.25, 0.3) is 0 Å². The first-order valence-electron chi connectivity index (χ1n) is 7.04. The Kier molecular flexibility index (Phi) is 5.89. The second-order valence-corrected chi connectivity index (χ2v) is 6.67. The molecule has 0 heterocycles. The predicted molar refractivity (Wildman–Crippen MR) is 93.0 cm³/mol. The third kappa shape index (κ3) is 4.14. The van der Waals surface area contributed by atoms with Crippen LogP contribution in [-0.2, 0) is 10.1 Å². The summed E-state index contributed by atoms with van der Waals surface area (Å²) in [4.78, 5) is -0.538. The van der Waals surface area contributed by atoms with Gasteiger partial charge in [-0.3, -0.25) is 0 Å². The van der Waals surface area contributed by atoms with Crippen molar-refractivity contribution in [3.8, 4) is 5.75 Å². The standard InChI is InChI=1S/C16H14N4O4S.Na/c17-10-2-4-11(5-3-10)19-20-16-13(18)6-1-9-7-12(25(22,23)24)8-14(21)15(9)16;/h1-8,21H,17-18H2,(H,22,23,24);/q;+1/p-1. The Bertz CT molecular complexity index is 1100. The van der Waals surface area contributed by atoms with E-state index in [0.717, 1.165) is 12.1 Å². The molecule has 0 aromatic heterocycles. The minimum atomic E-state index is -4.71. The summed E-state index contributed by atoms with van der Waals surface area (Å²) in [5.41, 5.74) is 13.0. The maximum absolute atomic E-state index is 11.2. The van der Waals surface area contributed by atoms with Gasteiger partial charge in [-0.2, -0.15) is 5.11 Å². The molecule has 26 heavy (non-hydrogen) atoms. The number of hydrogen-bond donors (Lipinski definition) is 3. The van der Waals surface area contributed by atoms with Crippen LogP contribution in [0.4, 0.5) is 22.7 Å². The number of aromatic hydroxyl groups is 1. The summed E-state index contributed by atoms with van der Waals surface area (Å²) < 4.78 is 33.5. The van der Waals surface area contributed by atoms with E-state index in [0.29, 0.717) is 16.8 Å². The number of fused-ring (bicyclic) bond motifs is 1. The molecule has 128 valence electrons. The Hall–Kier alpha value is -2.17. The number of phenolic OH excluding ortho intramolecular Hbond substituents is 1. The smallest absolute Gasteiger partial charge is 0.744 e. The summed E-state index contributed by atoms with van der Waals surface area (Å²) in [5.74, 6) is -0.425. The summed E-state index contributed by atoms with van der Waals surface area (Å²) in [6, 6.07) is 11.6. The second kappa shape index (κ2) is 7.60. The Balaban J connectivity index is 0.00000243. The quantitative estimate of drug-likeness (QED) is 0.252. The van der Waals surface area contributed by atoms with Crippen molar-refractivity contribution in [3.05, 3.63) is 48.5 Å². The first-order chi connectivity index (χ1) is 11.8. The van der Waals surface area contributed by atoms with Crippen molar-refractivity contribution in [2.45, 2.75) is 4.90 Å². The first-order valence-corrected chi connectivity index (χ1v) is 8.45. The van der Waals surface area contributed by atoms with E-state index in [1.807, 2.05) is 0 Å². The molecule has 0 aliphatic heterocycles. The molecule has 0 spiro atoms. The van der Waals surface area contributed by atoms with E-state index in [4.69, 9.17) is 11.5 Å². The van der Waals surface area contributed by atoms with Crippen molar-refractivity contribution in [2.75, 3.05) is 11.5 Å². The van der Waals surface area contributed by atoms with Crippen LogP contribution in [0.3, 0.4) is 0 Å². The number of azo groups is 1. The molecule has 3 aromatic rings. The molecule has 0 unspecified atom stereocenters. The second-order valence-electron chi connectivity index (χ2n) is 5.29. The average molecular weight is 380 g/mol. The van der Waals surface area contributed by atoms with Gasteiger partial charge in [-0.1, -0.05) is 6.07 Å². The van der Waals surface area contributed by atoms with Gasteiger partial charge in [-0.05, 0) is 47.9 Å². The van der Waals surface area contributed by atoms with Crippen LogP contribution >= 0.6 is 0 Å². The number of benzene rings is 3. The van der Waals surface area contributed by atoms with E-state index < -0.39 is 20.8 Å². The molecule has 0 amide bonds. The van der Waals surface area contributed by atoms with Crippen LogP contribution in [0, 0.1) is 0 Å². The SMILES string of the molecule is Nc1ccc(N=Nc2c(N)ccc3cc(S(=O)(=O)[O-])cc(O)c23)cc1.[Na+]. The van der Waals surface area contributed by atoms with Crippen molar-refractivity contribution >= 4 is 43.6 Å². The van der Waals surface area contributed by atoms with Crippen LogP contribution < -0.4 is 41.0 Å². The number of phenols is 1. The Labute approximate surface area is 171 Å². The normalized spacial score (nSPS) is 11.6. The van der Waals surface area contributed by atoms with Crippen molar-refractivity contribution in [1.29, 1.82) is 0 Å². The molecule has 3 rings (SSSR count). The molecule has 5 N–H and O–H groups in total. The number of rotatable bonds is 3. The number of anilines is 2. The fourth-order valence-corrected chi connectivity index (χ4v) is 2.84. The summed E-state index contributed by atoms with van der Waals surface area (Å²) >= 11 is 0. The third-order valence-electron chi connectivity index (χ3n) is 3.52. The van der Waals surface area contributed by atoms with Gasteiger partial charge in [0.1, 0.15) is 21.6 Å². The number of nitrogens with zero attached hydrogens (tertiary/aromatic N) is 2. The molecule has 10 heteroatoms. The summed E-state index contributed by atoms with van der Waals surface area (Å²) in [6.07, 6.45) is 0. The molecule has 0 saturated heterocycles. The molecular formula is C16H13N4NaO4S. The summed E-state index contributed by atoms with van der Waals surface area (Å²) in [6.45, 7) is 0. The molecule has 0 aliphatic carbocycles. The topological polar surface area (TPSA) is 154 Å². The van der Waals surface area contributed by atoms with E-state index in [2.05, 4.69) is 10.2 Å². The fraction of sp³-hybridized carbons (Fsp3) is 0. The summed E-state index contributed by atoms with van der Waals surface area (Å²) in [7, 11) is -4.71. The van der Waals surface area contributed by atoms with Gasteiger partial charge < -0.3 is 21.1 Å². The van der Waals surface area contributed by atoms with E-state index in [1.54, 1.807) is 24.3 Å². The van der Waals surface area contributed by atoms with Crippen molar-refractivity contribution in [3.63, 3.8) is 0 Å². The fourth-order valence-electron chi connectivity index (χ4n) is 2.32. The van der Waals surface area contributed by atoms with Gasteiger partial charge in [0, 0.05) is 5.69 Å².